The third kappa shape index (κ3) is 3.32. The van der Waals surface area contributed by atoms with Gasteiger partial charge in [0.2, 0.25) is 0 Å². The average Bonchev–Trinajstić information content (AvgIpc) is 2.31. The van der Waals surface area contributed by atoms with Crippen LogP contribution < -0.4 is 5.32 Å². The molecule has 1 unspecified atom stereocenters. The number of halogens is 2. The lowest BCUT2D eigenvalue weighted by molar-refractivity contribution is -0.131. The van der Waals surface area contributed by atoms with Crippen LogP contribution in [0, 0.1) is 11.6 Å². The van der Waals surface area contributed by atoms with Crippen molar-refractivity contribution in [2.45, 2.75) is 19.1 Å². The summed E-state index contributed by atoms with van der Waals surface area (Å²) in [5.41, 5.74) is -0.472. The molecule has 0 spiro atoms. The Labute approximate surface area is 96.3 Å². The van der Waals surface area contributed by atoms with Gasteiger partial charge in [-0.15, -0.1) is 0 Å². The van der Waals surface area contributed by atoms with Crippen LogP contribution in [0.4, 0.5) is 8.78 Å². The van der Waals surface area contributed by atoms with Crippen molar-refractivity contribution in [2.75, 3.05) is 0 Å². The van der Waals surface area contributed by atoms with E-state index in [-0.39, 0.29) is 0 Å². The van der Waals surface area contributed by atoms with Crippen LogP contribution in [0.15, 0.2) is 18.2 Å². The third-order valence-corrected chi connectivity index (χ3v) is 2.08. The molecule has 0 aliphatic rings. The van der Waals surface area contributed by atoms with Crippen LogP contribution in [0.2, 0.25) is 0 Å². The Kier molecular flexibility index (Phi) is 4.28. The van der Waals surface area contributed by atoms with Crippen molar-refractivity contribution in [2.24, 2.45) is 0 Å². The molecule has 0 saturated carbocycles. The topological polar surface area (TPSA) is 66.4 Å². The minimum absolute atomic E-state index is 0.451. The second-order valence-electron chi connectivity index (χ2n) is 3.50. The van der Waals surface area contributed by atoms with Gasteiger partial charge >= 0.3 is 0 Å². The summed E-state index contributed by atoms with van der Waals surface area (Å²) in [6.07, 6.45) is -1.40. The fraction of sp³-hybridized carbons (Fsp3) is 0.273. The molecule has 0 aromatic heterocycles. The number of nitrogens with one attached hydrogen (secondary N) is 1. The molecule has 17 heavy (non-hydrogen) atoms. The van der Waals surface area contributed by atoms with E-state index in [9.17, 15) is 23.5 Å². The number of aliphatic hydroxyl groups excluding tert-OH is 1. The Morgan fingerprint density at radius 2 is 2.12 bits per heavy atom. The van der Waals surface area contributed by atoms with Crippen molar-refractivity contribution in [3.8, 4) is 0 Å². The van der Waals surface area contributed by atoms with Gasteiger partial charge in [0.25, 0.3) is 5.91 Å². The molecule has 2 atom stereocenters. The first-order chi connectivity index (χ1) is 7.95. The number of carbonyl (C=O) groups excluding carboxylic acids is 2. The largest absolute Gasteiger partial charge is 0.378 e. The molecule has 0 saturated heterocycles. The third-order valence-electron chi connectivity index (χ3n) is 2.08. The Balaban J connectivity index is 2.88. The van der Waals surface area contributed by atoms with Gasteiger partial charge in [0, 0.05) is 5.56 Å². The highest BCUT2D eigenvalue weighted by molar-refractivity contribution is 5.84. The van der Waals surface area contributed by atoms with Crippen molar-refractivity contribution in [1.82, 2.24) is 5.32 Å². The number of carbonyl (C=O) groups is 2. The van der Waals surface area contributed by atoms with E-state index in [0.29, 0.717) is 6.29 Å². The minimum Gasteiger partial charge on any atom is -0.378 e. The number of hydrogen-bond donors (Lipinski definition) is 2. The summed E-state index contributed by atoms with van der Waals surface area (Å²) in [6, 6.07) is 1.60. The number of aliphatic hydroxyl groups is 1. The first-order valence-electron chi connectivity index (χ1n) is 4.84. The molecule has 1 aromatic carbocycles. The summed E-state index contributed by atoms with van der Waals surface area (Å²) in [6.45, 7) is 1.39. The maximum absolute atomic E-state index is 13.2. The van der Waals surface area contributed by atoms with E-state index in [0.717, 1.165) is 18.2 Å². The monoisotopic (exact) mass is 243 g/mol. The Hall–Kier alpha value is -1.82. The fourth-order valence-electron chi connectivity index (χ4n) is 1.20. The highest BCUT2D eigenvalue weighted by Gasteiger charge is 2.22. The average molecular weight is 243 g/mol. The molecule has 0 bridgehead atoms. The van der Waals surface area contributed by atoms with E-state index in [4.69, 9.17) is 0 Å². The molecule has 0 heterocycles. The summed E-state index contributed by atoms with van der Waals surface area (Å²) in [5.74, 6) is -2.63. The van der Waals surface area contributed by atoms with Gasteiger partial charge < -0.3 is 15.2 Å². The number of benzene rings is 1. The van der Waals surface area contributed by atoms with Gasteiger partial charge in [-0.3, -0.25) is 4.79 Å². The molecule has 4 nitrogen and oxygen atoms in total. The second kappa shape index (κ2) is 5.49. The summed E-state index contributed by atoms with van der Waals surface area (Å²) < 4.78 is 26.1. The molecule has 2 N–H and O–H groups in total. The van der Waals surface area contributed by atoms with Gasteiger partial charge in [-0.2, -0.15) is 0 Å². The maximum Gasteiger partial charge on any atom is 0.254 e. The van der Waals surface area contributed by atoms with E-state index in [2.05, 4.69) is 5.32 Å². The second-order valence-corrected chi connectivity index (χ2v) is 3.50. The van der Waals surface area contributed by atoms with Crippen LogP contribution >= 0.6 is 0 Å². The molecule has 0 aliphatic heterocycles. The molecule has 0 fully saturated rings. The molecule has 6 heteroatoms. The van der Waals surface area contributed by atoms with Crippen LogP contribution in [0.3, 0.4) is 0 Å². The lowest BCUT2D eigenvalue weighted by Crippen LogP contribution is -2.37. The predicted molar refractivity (Wildman–Crippen MR) is 55.0 cm³/mol. The van der Waals surface area contributed by atoms with E-state index < -0.39 is 35.3 Å². The van der Waals surface area contributed by atoms with E-state index in [1.807, 2.05) is 0 Å². The molecule has 0 aliphatic carbocycles. The summed E-state index contributed by atoms with van der Waals surface area (Å²) in [7, 11) is 0. The van der Waals surface area contributed by atoms with Gasteiger partial charge in [0.05, 0.1) is 6.04 Å². The molecular weight excluding hydrogens is 232 g/mol. The molecule has 1 rings (SSSR count). The summed E-state index contributed by atoms with van der Waals surface area (Å²) >= 11 is 0. The molecule has 0 radical (unpaired) electrons. The zero-order chi connectivity index (χ0) is 13.0. The predicted octanol–water partition coefficient (Wildman–Crippen LogP) is 0.702. The van der Waals surface area contributed by atoms with Crippen LogP contribution in [-0.2, 0) is 9.59 Å². The first-order valence-corrected chi connectivity index (χ1v) is 4.84. The summed E-state index contributed by atoms with van der Waals surface area (Å²) in [5, 5.41) is 11.6. The van der Waals surface area contributed by atoms with E-state index in [1.54, 1.807) is 0 Å². The smallest absolute Gasteiger partial charge is 0.254 e. The quantitative estimate of drug-likeness (QED) is 0.765. The Morgan fingerprint density at radius 3 is 2.71 bits per heavy atom. The Bertz CT molecular complexity index is 437. The van der Waals surface area contributed by atoms with Crippen LogP contribution in [0.1, 0.15) is 18.6 Å². The molecule has 92 valence electrons. The van der Waals surface area contributed by atoms with Gasteiger partial charge in [-0.1, -0.05) is 0 Å². The SMILES string of the molecule is C[C@@H](C=O)NC(=O)C(O)c1cc(F)ccc1F. The molecule has 1 aromatic rings. The fourth-order valence-corrected chi connectivity index (χ4v) is 1.20. The van der Waals surface area contributed by atoms with Gasteiger partial charge in [-0.05, 0) is 25.1 Å². The lowest BCUT2D eigenvalue weighted by Gasteiger charge is -2.13. The van der Waals surface area contributed by atoms with Gasteiger partial charge in [0.15, 0.2) is 6.10 Å². The lowest BCUT2D eigenvalue weighted by atomic mass is 10.1. The van der Waals surface area contributed by atoms with E-state index in [1.165, 1.54) is 6.92 Å². The van der Waals surface area contributed by atoms with Crippen molar-refractivity contribution in [3.05, 3.63) is 35.4 Å². The van der Waals surface area contributed by atoms with E-state index >= 15 is 0 Å². The van der Waals surface area contributed by atoms with Crippen molar-refractivity contribution < 1.29 is 23.5 Å². The zero-order valence-corrected chi connectivity index (χ0v) is 8.98. The number of hydrogen-bond acceptors (Lipinski definition) is 3. The van der Waals surface area contributed by atoms with Crippen LogP contribution in [-0.4, -0.2) is 23.3 Å². The highest BCUT2D eigenvalue weighted by atomic mass is 19.1. The summed E-state index contributed by atoms with van der Waals surface area (Å²) in [4.78, 5) is 21.7. The van der Waals surface area contributed by atoms with Crippen molar-refractivity contribution in [1.29, 1.82) is 0 Å². The molecule has 1 amide bonds. The maximum atomic E-state index is 13.2. The standard InChI is InChI=1S/C11H11F2NO3/c1-6(5-15)14-11(17)10(16)8-4-7(12)2-3-9(8)13/h2-6,10,16H,1H3,(H,14,17)/t6-,10?/m0/s1. The minimum atomic E-state index is -1.85. The van der Waals surface area contributed by atoms with Crippen LogP contribution in [0.25, 0.3) is 0 Å². The van der Waals surface area contributed by atoms with Crippen molar-refractivity contribution in [3.63, 3.8) is 0 Å². The highest BCUT2D eigenvalue weighted by Crippen LogP contribution is 2.18. The van der Waals surface area contributed by atoms with Gasteiger partial charge in [0.1, 0.15) is 17.9 Å². The van der Waals surface area contributed by atoms with Gasteiger partial charge in [-0.25, -0.2) is 8.78 Å². The first kappa shape index (κ1) is 13.2. The zero-order valence-electron chi connectivity index (χ0n) is 8.98. The van der Waals surface area contributed by atoms with Crippen molar-refractivity contribution >= 4 is 12.2 Å². The Morgan fingerprint density at radius 1 is 1.47 bits per heavy atom. The normalized spacial score (nSPS) is 13.9. The number of rotatable bonds is 4. The number of aldehydes is 1. The number of amides is 1. The van der Waals surface area contributed by atoms with Crippen LogP contribution in [0.5, 0.6) is 0 Å². The molecular formula is C11H11F2NO3.